The maximum absolute atomic E-state index is 11.8. The van der Waals surface area contributed by atoms with Crippen molar-refractivity contribution in [3.05, 3.63) is 24.3 Å². The molecule has 120 valence electrons. The van der Waals surface area contributed by atoms with Gasteiger partial charge >= 0.3 is 6.09 Å². The van der Waals surface area contributed by atoms with Gasteiger partial charge in [0.05, 0.1) is 16.6 Å². The van der Waals surface area contributed by atoms with E-state index in [0.717, 1.165) is 11.0 Å². The zero-order valence-electron chi connectivity index (χ0n) is 13.8. The number of alkyl carbamates (subject to hydrolysis) is 1. The van der Waals surface area contributed by atoms with Crippen molar-refractivity contribution in [3.63, 3.8) is 0 Å². The van der Waals surface area contributed by atoms with Crippen molar-refractivity contribution in [2.45, 2.75) is 45.8 Å². The minimum Gasteiger partial charge on any atom is -0.444 e. The van der Waals surface area contributed by atoms with Crippen LogP contribution in [0.4, 0.5) is 10.7 Å². The number of rotatable bonds is 4. The lowest BCUT2D eigenvalue weighted by molar-refractivity contribution is 0.0478. The van der Waals surface area contributed by atoms with Crippen LogP contribution in [0.1, 0.15) is 34.6 Å². The van der Waals surface area contributed by atoms with E-state index in [1.54, 1.807) is 0 Å². The standard InChI is InChI=1S/C16H24N4O2/c1-15(2,3)22-14(21)20-16(4,5)10-17-13-18-11-8-6-7-9-12(11)19-13/h6-9H,10H2,1-5H3,(H,20,21)(H2,17,18,19). The van der Waals surface area contributed by atoms with E-state index < -0.39 is 17.2 Å². The highest BCUT2D eigenvalue weighted by atomic mass is 16.6. The zero-order valence-corrected chi connectivity index (χ0v) is 13.8. The van der Waals surface area contributed by atoms with Gasteiger partial charge in [-0.05, 0) is 46.8 Å². The van der Waals surface area contributed by atoms with Gasteiger partial charge < -0.3 is 20.4 Å². The summed E-state index contributed by atoms with van der Waals surface area (Å²) in [5, 5.41) is 6.06. The van der Waals surface area contributed by atoms with Crippen LogP contribution in [0.2, 0.25) is 0 Å². The lowest BCUT2D eigenvalue weighted by Crippen LogP contribution is -2.50. The molecule has 2 aromatic rings. The van der Waals surface area contributed by atoms with E-state index in [2.05, 4.69) is 20.6 Å². The number of aromatic amines is 1. The molecular weight excluding hydrogens is 280 g/mol. The first-order valence-electron chi connectivity index (χ1n) is 7.34. The molecule has 22 heavy (non-hydrogen) atoms. The van der Waals surface area contributed by atoms with Gasteiger partial charge in [0.15, 0.2) is 0 Å². The summed E-state index contributed by atoms with van der Waals surface area (Å²) in [6.45, 7) is 9.88. The summed E-state index contributed by atoms with van der Waals surface area (Å²) in [6.07, 6.45) is -0.427. The molecule has 1 heterocycles. The van der Waals surface area contributed by atoms with Gasteiger partial charge in [-0.2, -0.15) is 0 Å². The quantitative estimate of drug-likeness (QED) is 0.810. The number of nitrogens with zero attached hydrogens (tertiary/aromatic N) is 1. The first-order chi connectivity index (χ1) is 10.1. The first kappa shape index (κ1) is 16.1. The fourth-order valence-electron chi connectivity index (χ4n) is 1.97. The summed E-state index contributed by atoms with van der Waals surface area (Å²) in [7, 11) is 0. The highest BCUT2D eigenvalue weighted by molar-refractivity contribution is 5.77. The predicted molar refractivity (Wildman–Crippen MR) is 88.0 cm³/mol. The van der Waals surface area contributed by atoms with E-state index in [1.165, 1.54) is 0 Å². The largest absolute Gasteiger partial charge is 0.444 e. The van der Waals surface area contributed by atoms with Crippen molar-refractivity contribution in [1.82, 2.24) is 15.3 Å². The molecule has 6 nitrogen and oxygen atoms in total. The van der Waals surface area contributed by atoms with Gasteiger partial charge in [0, 0.05) is 6.54 Å². The SMILES string of the molecule is CC(C)(CNc1nc2ccccc2[nH]1)NC(=O)OC(C)(C)C. The topological polar surface area (TPSA) is 79.0 Å². The number of ether oxygens (including phenoxy) is 1. The van der Waals surface area contributed by atoms with Crippen LogP contribution in [-0.4, -0.2) is 33.7 Å². The Bertz CT molecular complexity index is 622. The molecule has 0 radical (unpaired) electrons. The van der Waals surface area contributed by atoms with Gasteiger partial charge in [0.1, 0.15) is 5.60 Å². The first-order valence-corrected chi connectivity index (χ1v) is 7.34. The number of amides is 1. The van der Waals surface area contributed by atoms with Crippen LogP contribution >= 0.6 is 0 Å². The molecule has 0 atom stereocenters. The molecule has 0 fully saturated rings. The van der Waals surface area contributed by atoms with Gasteiger partial charge in [0.2, 0.25) is 5.95 Å². The molecule has 3 N–H and O–H groups in total. The number of aromatic nitrogens is 2. The van der Waals surface area contributed by atoms with E-state index in [0.29, 0.717) is 12.5 Å². The predicted octanol–water partition coefficient (Wildman–Crippen LogP) is 3.28. The molecule has 0 saturated carbocycles. The number of H-pyrrole nitrogens is 1. The lowest BCUT2D eigenvalue weighted by Gasteiger charge is -2.28. The maximum atomic E-state index is 11.8. The number of imidazole rings is 1. The van der Waals surface area contributed by atoms with Crippen molar-refractivity contribution >= 4 is 23.1 Å². The van der Waals surface area contributed by atoms with Crippen molar-refractivity contribution in [2.75, 3.05) is 11.9 Å². The van der Waals surface area contributed by atoms with E-state index in [9.17, 15) is 4.79 Å². The number of hydrogen-bond donors (Lipinski definition) is 3. The summed E-state index contributed by atoms with van der Waals surface area (Å²) in [5.41, 5.74) is 0.902. The molecule has 1 amide bonds. The molecule has 2 rings (SSSR count). The summed E-state index contributed by atoms with van der Waals surface area (Å²) in [6, 6.07) is 7.82. The Morgan fingerprint density at radius 3 is 2.55 bits per heavy atom. The third-order valence-corrected chi connectivity index (χ3v) is 2.93. The second-order valence-corrected chi connectivity index (χ2v) is 6.97. The summed E-state index contributed by atoms with van der Waals surface area (Å²) in [5.74, 6) is 0.681. The van der Waals surface area contributed by atoms with Crippen molar-refractivity contribution < 1.29 is 9.53 Å². The van der Waals surface area contributed by atoms with Gasteiger partial charge in [-0.15, -0.1) is 0 Å². The molecule has 0 aliphatic rings. The summed E-state index contributed by atoms with van der Waals surface area (Å²) < 4.78 is 5.27. The molecular formula is C16H24N4O2. The highest BCUT2D eigenvalue weighted by Crippen LogP contribution is 2.14. The van der Waals surface area contributed by atoms with E-state index in [-0.39, 0.29) is 0 Å². The molecule has 0 aliphatic heterocycles. The molecule has 0 spiro atoms. The number of carbonyl (C=O) groups is 1. The zero-order chi connectivity index (χ0) is 16.4. The second-order valence-electron chi connectivity index (χ2n) is 6.97. The van der Waals surface area contributed by atoms with E-state index in [4.69, 9.17) is 4.74 Å². The van der Waals surface area contributed by atoms with Crippen LogP contribution in [0.25, 0.3) is 11.0 Å². The number of fused-ring (bicyclic) bond motifs is 1. The highest BCUT2D eigenvalue weighted by Gasteiger charge is 2.24. The van der Waals surface area contributed by atoms with Gasteiger partial charge in [-0.25, -0.2) is 9.78 Å². The van der Waals surface area contributed by atoms with Crippen LogP contribution in [-0.2, 0) is 4.74 Å². The fourth-order valence-corrected chi connectivity index (χ4v) is 1.97. The molecule has 6 heteroatoms. The van der Waals surface area contributed by atoms with Crippen LogP contribution in [0, 0.1) is 0 Å². The Kier molecular flexibility index (Phi) is 4.30. The van der Waals surface area contributed by atoms with E-state index >= 15 is 0 Å². The summed E-state index contributed by atoms with van der Waals surface area (Å²) in [4.78, 5) is 19.5. The van der Waals surface area contributed by atoms with Gasteiger partial charge in [-0.3, -0.25) is 0 Å². The normalized spacial score (nSPS) is 12.2. The third-order valence-electron chi connectivity index (χ3n) is 2.93. The average molecular weight is 304 g/mol. The maximum Gasteiger partial charge on any atom is 0.408 e. The fraction of sp³-hybridized carbons (Fsp3) is 0.500. The minimum atomic E-state index is -0.508. The van der Waals surface area contributed by atoms with Gasteiger partial charge in [0.25, 0.3) is 0 Å². The third kappa shape index (κ3) is 4.65. The molecule has 0 saturated heterocycles. The molecule has 0 unspecified atom stereocenters. The Morgan fingerprint density at radius 2 is 1.91 bits per heavy atom. The van der Waals surface area contributed by atoms with Crippen LogP contribution in [0.3, 0.4) is 0 Å². The number of benzene rings is 1. The minimum absolute atomic E-state index is 0.427. The number of hydrogen-bond acceptors (Lipinski definition) is 4. The van der Waals surface area contributed by atoms with Crippen LogP contribution < -0.4 is 10.6 Å². The number of anilines is 1. The number of para-hydroxylation sites is 2. The number of nitrogens with one attached hydrogen (secondary N) is 3. The van der Waals surface area contributed by atoms with Gasteiger partial charge in [-0.1, -0.05) is 12.1 Å². The molecule has 1 aromatic carbocycles. The Labute approximate surface area is 130 Å². The molecule has 1 aromatic heterocycles. The summed E-state index contributed by atoms with van der Waals surface area (Å²) >= 11 is 0. The van der Waals surface area contributed by atoms with Crippen LogP contribution in [0.5, 0.6) is 0 Å². The second kappa shape index (κ2) is 5.87. The Balaban J connectivity index is 1.92. The molecule has 0 aliphatic carbocycles. The lowest BCUT2D eigenvalue weighted by atomic mass is 10.1. The smallest absolute Gasteiger partial charge is 0.408 e. The van der Waals surface area contributed by atoms with Crippen molar-refractivity contribution in [1.29, 1.82) is 0 Å². The van der Waals surface area contributed by atoms with Crippen molar-refractivity contribution in [2.24, 2.45) is 0 Å². The Morgan fingerprint density at radius 1 is 1.23 bits per heavy atom. The Hall–Kier alpha value is -2.24. The van der Waals surface area contributed by atoms with Crippen molar-refractivity contribution in [3.8, 4) is 0 Å². The number of carbonyl (C=O) groups excluding carboxylic acids is 1. The average Bonchev–Trinajstić information content (AvgIpc) is 2.76. The van der Waals surface area contributed by atoms with Crippen LogP contribution in [0.15, 0.2) is 24.3 Å². The monoisotopic (exact) mass is 304 g/mol. The van der Waals surface area contributed by atoms with E-state index in [1.807, 2.05) is 58.9 Å². The molecule has 0 bridgehead atoms.